The van der Waals surface area contributed by atoms with Gasteiger partial charge in [-0.1, -0.05) is 12.1 Å². The first-order chi connectivity index (χ1) is 12.7. The maximum Gasteiger partial charge on any atom is 0.423 e. The smallest absolute Gasteiger partial charge is 0.393 e. The standard InChI is InChI=1S/C17H15F3N4O2S/c1-9-2-3-10(16(26,8-25)17(18,19)20)6-11(9)12-7-22-15(21)14(24-12)13-4-5-23-27-13/h2-7,25-26H,8H2,1H3,(H2,21,22)/t16-/m1/s1. The number of aliphatic hydroxyl groups excluding tert-OH is 1. The number of nitrogens with zero attached hydrogens (tertiary/aromatic N) is 3. The lowest BCUT2D eigenvalue weighted by atomic mass is 9.90. The molecule has 1 aromatic carbocycles. The first-order valence-electron chi connectivity index (χ1n) is 7.72. The van der Waals surface area contributed by atoms with Crippen LogP contribution in [-0.2, 0) is 5.60 Å². The van der Waals surface area contributed by atoms with Gasteiger partial charge in [-0.25, -0.2) is 14.3 Å². The average molecular weight is 396 g/mol. The third-order valence-corrected chi connectivity index (χ3v) is 4.91. The van der Waals surface area contributed by atoms with Crippen LogP contribution in [0.5, 0.6) is 0 Å². The van der Waals surface area contributed by atoms with E-state index in [-0.39, 0.29) is 11.5 Å². The number of halogens is 3. The van der Waals surface area contributed by atoms with E-state index in [4.69, 9.17) is 5.73 Å². The van der Waals surface area contributed by atoms with Crippen molar-refractivity contribution in [1.29, 1.82) is 0 Å². The molecule has 3 rings (SSSR count). The van der Waals surface area contributed by atoms with Gasteiger partial charge in [0.25, 0.3) is 0 Å². The van der Waals surface area contributed by atoms with E-state index in [0.29, 0.717) is 21.7 Å². The first kappa shape index (κ1) is 19.2. The molecule has 0 fully saturated rings. The fraction of sp³-hybridized carbons (Fsp3) is 0.235. The zero-order valence-electron chi connectivity index (χ0n) is 14.0. The van der Waals surface area contributed by atoms with Crippen molar-refractivity contribution < 1.29 is 23.4 Å². The summed E-state index contributed by atoms with van der Waals surface area (Å²) >= 11 is 1.16. The normalized spacial score (nSPS) is 14.1. The van der Waals surface area contributed by atoms with Crippen LogP contribution < -0.4 is 5.73 Å². The molecule has 0 aliphatic heterocycles. The van der Waals surface area contributed by atoms with Gasteiger partial charge in [0.05, 0.1) is 23.4 Å². The second-order valence-corrected chi connectivity index (χ2v) is 6.74. The van der Waals surface area contributed by atoms with Gasteiger partial charge in [0.2, 0.25) is 5.60 Å². The molecule has 0 bridgehead atoms. The summed E-state index contributed by atoms with van der Waals surface area (Å²) in [4.78, 5) is 9.15. The van der Waals surface area contributed by atoms with Crippen LogP contribution in [0.1, 0.15) is 11.1 Å². The number of aryl methyl sites for hydroxylation is 1. The Balaban J connectivity index is 2.15. The van der Waals surface area contributed by atoms with Gasteiger partial charge in [-0.2, -0.15) is 13.2 Å². The lowest BCUT2D eigenvalue weighted by molar-refractivity contribution is -0.277. The van der Waals surface area contributed by atoms with E-state index in [1.807, 2.05) is 0 Å². The summed E-state index contributed by atoms with van der Waals surface area (Å²) in [5.41, 5.74) is 3.60. The monoisotopic (exact) mass is 396 g/mol. The fourth-order valence-electron chi connectivity index (χ4n) is 2.55. The number of anilines is 1. The van der Waals surface area contributed by atoms with Crippen LogP contribution in [0.4, 0.5) is 19.0 Å². The summed E-state index contributed by atoms with van der Waals surface area (Å²) in [5, 5.41) is 19.2. The van der Waals surface area contributed by atoms with E-state index in [9.17, 15) is 23.4 Å². The van der Waals surface area contributed by atoms with Crippen molar-refractivity contribution in [3.8, 4) is 21.8 Å². The van der Waals surface area contributed by atoms with E-state index in [2.05, 4.69) is 14.3 Å². The van der Waals surface area contributed by atoms with E-state index in [0.717, 1.165) is 23.7 Å². The zero-order valence-corrected chi connectivity index (χ0v) is 14.8. The van der Waals surface area contributed by atoms with Crippen molar-refractivity contribution in [1.82, 2.24) is 14.3 Å². The van der Waals surface area contributed by atoms with Crippen molar-refractivity contribution in [3.05, 3.63) is 47.8 Å². The summed E-state index contributed by atoms with van der Waals surface area (Å²) in [6.07, 6.45) is -2.13. The van der Waals surface area contributed by atoms with Crippen LogP contribution in [0.25, 0.3) is 21.8 Å². The fourth-order valence-corrected chi connectivity index (χ4v) is 3.14. The molecule has 1 atom stereocenters. The van der Waals surface area contributed by atoms with E-state index in [1.54, 1.807) is 19.2 Å². The number of hydrogen-bond acceptors (Lipinski definition) is 7. The van der Waals surface area contributed by atoms with Crippen molar-refractivity contribution in [3.63, 3.8) is 0 Å². The van der Waals surface area contributed by atoms with E-state index < -0.39 is 23.9 Å². The van der Waals surface area contributed by atoms with Crippen molar-refractivity contribution in [2.45, 2.75) is 18.7 Å². The Hall–Kier alpha value is -2.56. The Morgan fingerprint density at radius 3 is 2.56 bits per heavy atom. The molecule has 6 nitrogen and oxygen atoms in total. The number of rotatable bonds is 4. The topological polar surface area (TPSA) is 105 Å². The van der Waals surface area contributed by atoms with Crippen LogP contribution in [0, 0.1) is 6.92 Å². The number of alkyl halides is 3. The Morgan fingerprint density at radius 1 is 1.22 bits per heavy atom. The Kier molecular flexibility index (Phi) is 4.89. The molecule has 27 heavy (non-hydrogen) atoms. The van der Waals surface area contributed by atoms with Gasteiger partial charge in [0.15, 0.2) is 5.82 Å². The van der Waals surface area contributed by atoms with Gasteiger partial charge < -0.3 is 15.9 Å². The summed E-state index contributed by atoms with van der Waals surface area (Å²) in [5.74, 6) is 0.166. The highest BCUT2D eigenvalue weighted by atomic mass is 32.1. The second-order valence-electron chi connectivity index (χ2n) is 5.91. The van der Waals surface area contributed by atoms with Crippen LogP contribution >= 0.6 is 11.5 Å². The van der Waals surface area contributed by atoms with Gasteiger partial charge in [0, 0.05) is 11.8 Å². The molecule has 0 amide bonds. The number of aliphatic hydroxyl groups is 2. The molecule has 4 N–H and O–H groups in total. The molecule has 0 radical (unpaired) electrons. The maximum absolute atomic E-state index is 13.3. The van der Waals surface area contributed by atoms with Crippen LogP contribution in [0.15, 0.2) is 36.7 Å². The van der Waals surface area contributed by atoms with Gasteiger partial charge in [-0.15, -0.1) is 0 Å². The van der Waals surface area contributed by atoms with Gasteiger partial charge >= 0.3 is 6.18 Å². The Morgan fingerprint density at radius 2 is 1.96 bits per heavy atom. The van der Waals surface area contributed by atoms with Crippen molar-refractivity contribution in [2.75, 3.05) is 12.3 Å². The van der Waals surface area contributed by atoms with E-state index >= 15 is 0 Å². The van der Waals surface area contributed by atoms with Gasteiger partial charge in [0.1, 0.15) is 5.69 Å². The summed E-state index contributed by atoms with van der Waals surface area (Å²) in [7, 11) is 0. The number of nitrogen functional groups attached to an aromatic ring is 1. The minimum Gasteiger partial charge on any atom is -0.393 e. The molecule has 10 heteroatoms. The number of aromatic nitrogens is 3. The predicted octanol–water partition coefficient (Wildman–Crippen LogP) is 2.90. The minimum absolute atomic E-state index is 0.166. The van der Waals surface area contributed by atoms with Crippen molar-refractivity contribution >= 4 is 17.4 Å². The molecule has 0 unspecified atom stereocenters. The third kappa shape index (κ3) is 3.38. The molecule has 0 aliphatic carbocycles. The lowest BCUT2D eigenvalue weighted by Gasteiger charge is -2.29. The number of nitrogens with two attached hydrogens (primary N) is 1. The first-order valence-corrected chi connectivity index (χ1v) is 8.50. The zero-order chi connectivity index (χ0) is 19.8. The third-order valence-electron chi connectivity index (χ3n) is 4.16. The molecule has 2 heterocycles. The molecule has 142 valence electrons. The second kappa shape index (κ2) is 6.87. The number of hydrogen-bond donors (Lipinski definition) is 3. The summed E-state index contributed by atoms with van der Waals surface area (Å²) < 4.78 is 43.8. The largest absolute Gasteiger partial charge is 0.423 e. The van der Waals surface area contributed by atoms with Crippen LogP contribution in [-0.4, -0.2) is 37.3 Å². The maximum atomic E-state index is 13.3. The molecule has 3 aromatic rings. The summed E-state index contributed by atoms with van der Waals surface area (Å²) in [6.45, 7) is 0.188. The molecular formula is C17H15F3N4O2S. The SMILES string of the molecule is Cc1ccc([C@](O)(CO)C(F)(F)F)cc1-c1cnc(N)c(-c2ccns2)n1. The van der Waals surface area contributed by atoms with Gasteiger partial charge in [-0.3, -0.25) is 0 Å². The quantitative estimate of drug-likeness (QED) is 0.626. The minimum atomic E-state index is -5.05. The summed E-state index contributed by atoms with van der Waals surface area (Å²) in [6, 6.07) is 5.39. The van der Waals surface area contributed by atoms with E-state index in [1.165, 1.54) is 12.3 Å². The Labute approximate surface area is 156 Å². The highest BCUT2D eigenvalue weighted by Gasteiger charge is 2.54. The Bertz CT molecular complexity index is 963. The predicted molar refractivity (Wildman–Crippen MR) is 94.8 cm³/mol. The molecule has 2 aromatic heterocycles. The molecule has 0 spiro atoms. The van der Waals surface area contributed by atoms with Crippen LogP contribution in [0.3, 0.4) is 0 Å². The lowest BCUT2D eigenvalue weighted by Crippen LogP contribution is -2.45. The molecule has 0 saturated carbocycles. The van der Waals surface area contributed by atoms with Crippen molar-refractivity contribution in [2.24, 2.45) is 0 Å². The molecule has 0 saturated heterocycles. The molecule has 0 aliphatic rings. The van der Waals surface area contributed by atoms with Gasteiger partial charge in [-0.05, 0) is 41.7 Å². The average Bonchev–Trinajstić information content (AvgIpc) is 3.15. The van der Waals surface area contributed by atoms with Crippen LogP contribution in [0.2, 0.25) is 0 Å². The highest BCUT2D eigenvalue weighted by Crippen LogP contribution is 2.40. The number of benzene rings is 1. The molecular weight excluding hydrogens is 381 g/mol. The highest BCUT2D eigenvalue weighted by molar-refractivity contribution is 7.09.